The molecule has 6 nitrogen and oxygen atoms in total. The minimum Gasteiger partial charge on any atom is -0.327 e. The van der Waals surface area contributed by atoms with Crippen molar-refractivity contribution in [2.24, 2.45) is 0 Å². The number of benzene rings is 3. The van der Waals surface area contributed by atoms with E-state index in [0.29, 0.717) is 22.8 Å². The van der Waals surface area contributed by atoms with Gasteiger partial charge in [0.15, 0.2) is 0 Å². The second-order valence-corrected chi connectivity index (χ2v) is 10.6. The maximum atomic E-state index is 13.6. The number of carbonyl (C=O) groups excluding carboxylic acids is 2. The molecule has 0 aliphatic rings. The first-order chi connectivity index (χ1) is 18.0. The summed E-state index contributed by atoms with van der Waals surface area (Å²) < 4.78 is 15.1. The molecule has 0 bridgehead atoms. The lowest BCUT2D eigenvalue weighted by atomic mass is 9.86. The van der Waals surface area contributed by atoms with E-state index in [9.17, 15) is 14.0 Å². The standard InChI is InChI=1S/C31H33FN4O2/c1-21(2)35(30(38)23-11-13-24(14-12-23)31(3,4)5)20-29(37)33-28-19-27(22-9-7-6-8-10-22)34-36(28)26-17-15-25(32)16-18-26/h6-19,21H,20H2,1-5H3,(H,33,37). The summed E-state index contributed by atoms with van der Waals surface area (Å²) in [6.07, 6.45) is 0. The monoisotopic (exact) mass is 512 g/mol. The summed E-state index contributed by atoms with van der Waals surface area (Å²) in [7, 11) is 0. The molecular weight excluding hydrogens is 479 g/mol. The van der Waals surface area contributed by atoms with Gasteiger partial charge in [-0.3, -0.25) is 9.59 Å². The molecule has 0 aliphatic carbocycles. The molecule has 0 spiro atoms. The van der Waals surface area contributed by atoms with Crippen molar-refractivity contribution >= 4 is 17.6 Å². The topological polar surface area (TPSA) is 67.2 Å². The van der Waals surface area contributed by atoms with Gasteiger partial charge in [-0.2, -0.15) is 5.10 Å². The van der Waals surface area contributed by atoms with E-state index in [0.717, 1.165) is 11.1 Å². The minimum atomic E-state index is -0.364. The Labute approximate surface area is 223 Å². The molecule has 0 saturated heterocycles. The molecule has 0 radical (unpaired) electrons. The Kier molecular flexibility index (Phi) is 7.76. The first-order valence-electron chi connectivity index (χ1n) is 12.7. The Hall–Kier alpha value is -4.26. The zero-order chi connectivity index (χ0) is 27.4. The number of amides is 2. The number of anilines is 1. The van der Waals surface area contributed by atoms with Gasteiger partial charge in [0.1, 0.15) is 18.2 Å². The highest BCUT2D eigenvalue weighted by Crippen LogP contribution is 2.26. The van der Waals surface area contributed by atoms with Gasteiger partial charge in [0.25, 0.3) is 5.91 Å². The van der Waals surface area contributed by atoms with Crippen molar-refractivity contribution in [3.05, 3.63) is 102 Å². The summed E-state index contributed by atoms with van der Waals surface area (Å²) in [6.45, 7) is 9.99. The molecule has 38 heavy (non-hydrogen) atoms. The number of aromatic nitrogens is 2. The van der Waals surface area contributed by atoms with Crippen molar-refractivity contribution < 1.29 is 14.0 Å². The second kappa shape index (κ2) is 11.0. The van der Waals surface area contributed by atoms with Crippen molar-refractivity contribution in [3.8, 4) is 16.9 Å². The minimum absolute atomic E-state index is 0.0225. The van der Waals surface area contributed by atoms with E-state index in [-0.39, 0.29) is 35.6 Å². The molecule has 4 rings (SSSR count). The fourth-order valence-electron chi connectivity index (χ4n) is 4.10. The average Bonchev–Trinajstić information content (AvgIpc) is 3.31. The van der Waals surface area contributed by atoms with Crippen LogP contribution in [0.2, 0.25) is 0 Å². The Bertz CT molecular complexity index is 1400. The SMILES string of the molecule is CC(C)N(CC(=O)Nc1cc(-c2ccccc2)nn1-c1ccc(F)cc1)C(=O)c1ccc(C(C)(C)C)cc1. The van der Waals surface area contributed by atoms with Crippen LogP contribution in [0, 0.1) is 5.82 Å². The van der Waals surface area contributed by atoms with E-state index in [1.807, 2.05) is 68.4 Å². The first-order valence-corrected chi connectivity index (χ1v) is 12.7. The summed E-state index contributed by atoms with van der Waals surface area (Å²) in [6, 6.07) is 24.6. The lowest BCUT2D eigenvalue weighted by Gasteiger charge is -2.27. The third-order valence-electron chi connectivity index (χ3n) is 6.31. The zero-order valence-corrected chi connectivity index (χ0v) is 22.4. The molecule has 3 aromatic carbocycles. The third-order valence-corrected chi connectivity index (χ3v) is 6.31. The van der Waals surface area contributed by atoms with Crippen LogP contribution in [0.3, 0.4) is 0 Å². The van der Waals surface area contributed by atoms with Crippen LogP contribution in [-0.4, -0.2) is 39.1 Å². The number of halogens is 1. The Morgan fingerprint density at radius 1 is 0.947 bits per heavy atom. The van der Waals surface area contributed by atoms with Crippen molar-refractivity contribution in [1.29, 1.82) is 0 Å². The summed E-state index contributed by atoms with van der Waals surface area (Å²) in [4.78, 5) is 28.1. The fourth-order valence-corrected chi connectivity index (χ4v) is 4.10. The molecule has 1 heterocycles. The van der Waals surface area contributed by atoms with E-state index >= 15 is 0 Å². The van der Waals surface area contributed by atoms with Crippen LogP contribution in [-0.2, 0) is 10.2 Å². The third kappa shape index (κ3) is 6.17. The fraction of sp³-hybridized carbons (Fsp3) is 0.258. The number of hydrogen-bond acceptors (Lipinski definition) is 3. The van der Waals surface area contributed by atoms with Gasteiger partial charge in [0.05, 0.1) is 11.4 Å². The lowest BCUT2D eigenvalue weighted by molar-refractivity contribution is -0.117. The van der Waals surface area contributed by atoms with E-state index < -0.39 is 0 Å². The van der Waals surface area contributed by atoms with Gasteiger partial charge in [-0.1, -0.05) is 63.2 Å². The molecule has 1 aromatic heterocycles. The number of carbonyl (C=O) groups is 2. The molecule has 1 N–H and O–H groups in total. The summed E-state index contributed by atoms with van der Waals surface area (Å²) in [5.74, 6) is -0.517. The molecule has 7 heteroatoms. The maximum Gasteiger partial charge on any atom is 0.254 e. The summed E-state index contributed by atoms with van der Waals surface area (Å²) >= 11 is 0. The highest BCUT2D eigenvalue weighted by molar-refractivity contribution is 5.99. The highest BCUT2D eigenvalue weighted by atomic mass is 19.1. The van der Waals surface area contributed by atoms with Crippen LogP contribution < -0.4 is 5.32 Å². The van der Waals surface area contributed by atoms with Gasteiger partial charge in [0.2, 0.25) is 5.91 Å². The molecule has 0 saturated carbocycles. The van der Waals surface area contributed by atoms with Crippen LogP contribution >= 0.6 is 0 Å². The molecule has 196 valence electrons. The highest BCUT2D eigenvalue weighted by Gasteiger charge is 2.24. The first kappa shape index (κ1) is 26.8. The van der Waals surface area contributed by atoms with Crippen LogP contribution in [0.4, 0.5) is 10.2 Å². The molecule has 0 atom stereocenters. The lowest BCUT2D eigenvalue weighted by Crippen LogP contribution is -2.42. The molecule has 0 fully saturated rings. The maximum absolute atomic E-state index is 13.6. The van der Waals surface area contributed by atoms with Crippen molar-refractivity contribution in [1.82, 2.24) is 14.7 Å². The van der Waals surface area contributed by atoms with Gasteiger partial charge in [-0.15, -0.1) is 0 Å². The smallest absolute Gasteiger partial charge is 0.254 e. The van der Waals surface area contributed by atoms with Crippen LogP contribution in [0.1, 0.15) is 50.5 Å². The van der Waals surface area contributed by atoms with E-state index in [4.69, 9.17) is 0 Å². The predicted octanol–water partition coefficient (Wildman–Crippen LogP) is 6.47. The predicted molar refractivity (Wildman–Crippen MR) is 149 cm³/mol. The molecule has 0 unspecified atom stereocenters. The molecule has 2 amide bonds. The van der Waals surface area contributed by atoms with Gasteiger partial charge in [-0.05, 0) is 61.2 Å². The van der Waals surface area contributed by atoms with Gasteiger partial charge in [0, 0.05) is 23.2 Å². The van der Waals surface area contributed by atoms with Crippen LogP contribution in [0.25, 0.3) is 16.9 Å². The van der Waals surface area contributed by atoms with Gasteiger partial charge >= 0.3 is 0 Å². The average molecular weight is 513 g/mol. The van der Waals surface area contributed by atoms with Crippen LogP contribution in [0.15, 0.2) is 84.9 Å². The largest absolute Gasteiger partial charge is 0.327 e. The zero-order valence-electron chi connectivity index (χ0n) is 22.4. The molecular formula is C31H33FN4O2. The molecule has 4 aromatic rings. The number of nitrogens with one attached hydrogen (secondary N) is 1. The number of hydrogen-bond donors (Lipinski definition) is 1. The van der Waals surface area contributed by atoms with Crippen molar-refractivity contribution in [2.75, 3.05) is 11.9 Å². The number of rotatable bonds is 7. The second-order valence-electron chi connectivity index (χ2n) is 10.6. The van der Waals surface area contributed by atoms with E-state index in [2.05, 4.69) is 31.2 Å². The normalized spacial score (nSPS) is 11.4. The van der Waals surface area contributed by atoms with Crippen molar-refractivity contribution in [3.63, 3.8) is 0 Å². The Balaban J connectivity index is 1.58. The van der Waals surface area contributed by atoms with E-state index in [1.54, 1.807) is 22.9 Å². The van der Waals surface area contributed by atoms with E-state index in [1.165, 1.54) is 17.0 Å². The quantitative estimate of drug-likeness (QED) is 0.309. The van der Waals surface area contributed by atoms with Crippen molar-refractivity contribution in [2.45, 2.75) is 46.1 Å². The van der Waals surface area contributed by atoms with Crippen LogP contribution in [0.5, 0.6) is 0 Å². The summed E-state index contributed by atoms with van der Waals surface area (Å²) in [5, 5.41) is 7.57. The Morgan fingerprint density at radius 2 is 1.58 bits per heavy atom. The summed E-state index contributed by atoms with van der Waals surface area (Å²) in [5.41, 5.74) is 3.76. The number of nitrogens with zero attached hydrogens (tertiary/aromatic N) is 3. The van der Waals surface area contributed by atoms with Gasteiger partial charge < -0.3 is 10.2 Å². The Morgan fingerprint density at radius 3 is 2.16 bits per heavy atom. The molecule has 0 aliphatic heterocycles. The van der Waals surface area contributed by atoms with Gasteiger partial charge in [-0.25, -0.2) is 9.07 Å².